The van der Waals surface area contributed by atoms with Crippen LogP contribution in [0.5, 0.6) is 0 Å². The van der Waals surface area contributed by atoms with E-state index in [0.29, 0.717) is 0 Å². The Morgan fingerprint density at radius 2 is 2.21 bits per heavy atom. The molecule has 3 rings (SSSR count). The second-order valence-corrected chi connectivity index (χ2v) is 6.77. The lowest BCUT2D eigenvalue weighted by atomic mass is 10.0. The Hall–Kier alpha value is -0.940. The molecule has 1 fully saturated rings. The molecule has 2 atom stereocenters. The molecule has 0 bridgehead atoms. The zero-order valence-corrected chi connectivity index (χ0v) is 12.3. The average molecular weight is 280 g/mol. The first-order valence-corrected chi connectivity index (χ1v) is 7.83. The van der Waals surface area contributed by atoms with Gasteiger partial charge >= 0.3 is 5.97 Å². The van der Waals surface area contributed by atoms with Crippen LogP contribution in [0.15, 0.2) is 0 Å². The Balaban J connectivity index is 1.67. The summed E-state index contributed by atoms with van der Waals surface area (Å²) in [6, 6.07) is -0.101. The highest BCUT2D eigenvalue weighted by molar-refractivity contribution is 7.11. The molecular weight excluding hydrogens is 260 g/mol. The number of carbonyl (C=O) groups excluding carboxylic acids is 1. The number of ether oxygens (including phenoxy) is 1. The van der Waals surface area contributed by atoms with Gasteiger partial charge in [-0.3, -0.25) is 9.69 Å². The molecule has 2 unspecified atom stereocenters. The number of hydrogen-bond acceptors (Lipinski definition) is 5. The molecule has 1 aromatic rings. The molecule has 19 heavy (non-hydrogen) atoms. The molecule has 2 aliphatic rings. The minimum absolute atomic E-state index is 0.0458. The minimum atomic E-state index is -0.101. The van der Waals surface area contributed by atoms with Crippen LogP contribution in [-0.2, 0) is 28.9 Å². The summed E-state index contributed by atoms with van der Waals surface area (Å²) < 4.78 is 5.22. The van der Waals surface area contributed by atoms with Gasteiger partial charge in [0.2, 0.25) is 0 Å². The Bertz CT molecular complexity index is 462. The van der Waals surface area contributed by atoms with E-state index in [9.17, 15) is 4.79 Å². The molecule has 0 aromatic carbocycles. The lowest BCUT2D eigenvalue weighted by Crippen LogP contribution is -2.34. The molecule has 4 nitrogen and oxygen atoms in total. The Labute approximate surface area is 117 Å². The third kappa shape index (κ3) is 2.67. The number of aromatic nitrogens is 1. The third-order valence-corrected chi connectivity index (χ3v) is 5.09. The van der Waals surface area contributed by atoms with Gasteiger partial charge in [-0.25, -0.2) is 4.98 Å². The number of hydrogen-bond donors (Lipinski definition) is 0. The standard InChI is InChI=1S/C14H20N2O2S/c1-9-7-11(14(17)18-9)16(2)8-13-15-10-5-3-4-6-12(10)19-13/h9,11H,3-8H2,1-2H3. The highest BCUT2D eigenvalue weighted by atomic mass is 32.1. The van der Waals surface area contributed by atoms with E-state index < -0.39 is 0 Å². The van der Waals surface area contributed by atoms with Crippen molar-refractivity contribution in [3.8, 4) is 0 Å². The number of aryl methyl sites for hydroxylation is 2. The molecule has 0 saturated carbocycles. The number of likely N-dealkylation sites (N-methyl/N-ethyl adjacent to an activating group) is 1. The SMILES string of the molecule is CC1CC(N(C)Cc2nc3c(s2)CCCC3)C(=O)O1. The molecular formula is C14H20N2O2S. The Morgan fingerprint density at radius 3 is 2.89 bits per heavy atom. The van der Waals surface area contributed by atoms with Gasteiger partial charge in [0.15, 0.2) is 0 Å². The Morgan fingerprint density at radius 1 is 1.42 bits per heavy atom. The smallest absolute Gasteiger partial charge is 0.323 e. The maximum Gasteiger partial charge on any atom is 0.323 e. The molecule has 0 N–H and O–H groups in total. The van der Waals surface area contributed by atoms with E-state index in [-0.39, 0.29) is 18.1 Å². The van der Waals surface area contributed by atoms with Gasteiger partial charge in [0.05, 0.1) is 12.2 Å². The predicted octanol–water partition coefficient (Wildman–Crippen LogP) is 2.16. The molecule has 1 aliphatic heterocycles. The summed E-state index contributed by atoms with van der Waals surface area (Å²) in [5.41, 5.74) is 1.29. The normalized spacial score (nSPS) is 26.6. The first-order valence-electron chi connectivity index (χ1n) is 7.01. The molecule has 5 heteroatoms. The average Bonchev–Trinajstić information content (AvgIpc) is 2.91. The van der Waals surface area contributed by atoms with Crippen LogP contribution in [0.2, 0.25) is 0 Å². The first-order chi connectivity index (χ1) is 9.13. The largest absolute Gasteiger partial charge is 0.461 e. The van der Waals surface area contributed by atoms with Gasteiger partial charge in [-0.2, -0.15) is 0 Å². The highest BCUT2D eigenvalue weighted by Gasteiger charge is 2.35. The maximum atomic E-state index is 11.7. The van der Waals surface area contributed by atoms with Crippen LogP contribution in [0.1, 0.15) is 41.8 Å². The van der Waals surface area contributed by atoms with E-state index in [2.05, 4.69) is 4.90 Å². The number of cyclic esters (lactones) is 1. The number of rotatable bonds is 3. The number of esters is 1. The van der Waals surface area contributed by atoms with E-state index in [1.807, 2.05) is 25.3 Å². The second-order valence-electron chi connectivity index (χ2n) is 5.60. The summed E-state index contributed by atoms with van der Waals surface area (Å²) in [6.45, 7) is 2.71. The van der Waals surface area contributed by atoms with E-state index in [4.69, 9.17) is 9.72 Å². The maximum absolute atomic E-state index is 11.7. The van der Waals surface area contributed by atoms with E-state index in [1.165, 1.54) is 29.8 Å². The summed E-state index contributed by atoms with van der Waals surface area (Å²) in [4.78, 5) is 20.0. The molecule has 1 saturated heterocycles. The van der Waals surface area contributed by atoms with Crippen molar-refractivity contribution >= 4 is 17.3 Å². The van der Waals surface area contributed by atoms with Crippen molar-refractivity contribution in [3.05, 3.63) is 15.6 Å². The molecule has 2 heterocycles. The van der Waals surface area contributed by atoms with Gasteiger partial charge in [0.25, 0.3) is 0 Å². The van der Waals surface area contributed by atoms with Crippen LogP contribution in [0.25, 0.3) is 0 Å². The van der Waals surface area contributed by atoms with Crippen molar-refractivity contribution in [2.24, 2.45) is 0 Å². The van der Waals surface area contributed by atoms with Crippen molar-refractivity contribution in [3.63, 3.8) is 0 Å². The van der Waals surface area contributed by atoms with Gasteiger partial charge in [-0.1, -0.05) is 0 Å². The molecule has 104 valence electrons. The number of thiazole rings is 1. The fourth-order valence-electron chi connectivity index (χ4n) is 2.89. The number of fused-ring (bicyclic) bond motifs is 1. The van der Waals surface area contributed by atoms with Crippen molar-refractivity contribution < 1.29 is 9.53 Å². The zero-order valence-electron chi connectivity index (χ0n) is 11.5. The summed E-state index contributed by atoms with van der Waals surface area (Å²) in [5.74, 6) is -0.0867. The summed E-state index contributed by atoms with van der Waals surface area (Å²) in [6.07, 6.45) is 5.69. The van der Waals surface area contributed by atoms with Crippen molar-refractivity contribution in [2.75, 3.05) is 7.05 Å². The first kappa shape index (κ1) is 13.1. The van der Waals surface area contributed by atoms with Gasteiger partial charge in [-0.15, -0.1) is 11.3 Å². The quantitative estimate of drug-likeness (QED) is 0.796. The van der Waals surface area contributed by atoms with Crippen molar-refractivity contribution in [1.82, 2.24) is 9.88 Å². The van der Waals surface area contributed by atoms with Crippen molar-refractivity contribution in [2.45, 2.75) is 57.7 Å². The lowest BCUT2D eigenvalue weighted by Gasteiger charge is -2.19. The van der Waals surface area contributed by atoms with E-state index in [0.717, 1.165) is 24.4 Å². The van der Waals surface area contributed by atoms with Crippen LogP contribution in [-0.4, -0.2) is 35.0 Å². The second kappa shape index (κ2) is 5.21. The van der Waals surface area contributed by atoms with Crippen LogP contribution in [0.3, 0.4) is 0 Å². The highest BCUT2D eigenvalue weighted by Crippen LogP contribution is 2.28. The van der Waals surface area contributed by atoms with Crippen LogP contribution in [0.4, 0.5) is 0 Å². The van der Waals surface area contributed by atoms with E-state index in [1.54, 1.807) is 0 Å². The monoisotopic (exact) mass is 280 g/mol. The molecule has 0 radical (unpaired) electrons. The predicted molar refractivity (Wildman–Crippen MR) is 74.2 cm³/mol. The third-order valence-electron chi connectivity index (χ3n) is 3.95. The lowest BCUT2D eigenvalue weighted by molar-refractivity contribution is -0.144. The van der Waals surface area contributed by atoms with Crippen LogP contribution >= 0.6 is 11.3 Å². The van der Waals surface area contributed by atoms with Gasteiger partial charge in [0, 0.05) is 11.3 Å². The molecule has 0 spiro atoms. The van der Waals surface area contributed by atoms with Crippen LogP contribution in [0, 0.1) is 0 Å². The minimum Gasteiger partial charge on any atom is -0.461 e. The fourth-order valence-corrected chi connectivity index (χ4v) is 4.11. The van der Waals surface area contributed by atoms with Gasteiger partial charge in [0.1, 0.15) is 17.2 Å². The van der Waals surface area contributed by atoms with Crippen molar-refractivity contribution in [1.29, 1.82) is 0 Å². The molecule has 1 aromatic heterocycles. The summed E-state index contributed by atoms with van der Waals surface area (Å²) in [7, 11) is 1.99. The number of carbonyl (C=O) groups is 1. The van der Waals surface area contributed by atoms with Gasteiger partial charge < -0.3 is 4.74 Å². The summed E-state index contributed by atoms with van der Waals surface area (Å²) in [5, 5.41) is 1.14. The Kier molecular flexibility index (Phi) is 3.58. The topological polar surface area (TPSA) is 42.4 Å². The number of nitrogens with zero attached hydrogens (tertiary/aromatic N) is 2. The fraction of sp³-hybridized carbons (Fsp3) is 0.714. The van der Waals surface area contributed by atoms with Crippen LogP contribution < -0.4 is 0 Å². The molecule has 1 aliphatic carbocycles. The summed E-state index contributed by atoms with van der Waals surface area (Å²) >= 11 is 1.82. The van der Waals surface area contributed by atoms with E-state index >= 15 is 0 Å². The van der Waals surface area contributed by atoms with Gasteiger partial charge in [-0.05, 0) is 39.7 Å². The molecule has 0 amide bonds. The zero-order chi connectivity index (χ0) is 13.4.